The highest BCUT2D eigenvalue weighted by Crippen LogP contribution is 2.20. The highest BCUT2D eigenvalue weighted by atomic mass is 32.2. The zero-order chi connectivity index (χ0) is 8.74. The highest BCUT2D eigenvalue weighted by molar-refractivity contribution is 7.99. The summed E-state index contributed by atoms with van der Waals surface area (Å²) in [6.07, 6.45) is -3.64. The number of alkyl halides is 3. The van der Waals surface area contributed by atoms with E-state index in [1.54, 1.807) is 0 Å². The van der Waals surface area contributed by atoms with Crippen LogP contribution in [0.25, 0.3) is 0 Å². The van der Waals surface area contributed by atoms with E-state index in [0.717, 1.165) is 11.8 Å². The molecule has 6 heteroatoms. The molecule has 0 saturated carbocycles. The van der Waals surface area contributed by atoms with Gasteiger partial charge >= 0.3 is 6.18 Å². The molecule has 0 bridgehead atoms. The highest BCUT2D eigenvalue weighted by Gasteiger charge is 2.26. The van der Waals surface area contributed by atoms with E-state index in [1.165, 1.54) is 0 Å². The van der Waals surface area contributed by atoms with Crippen molar-refractivity contribution < 1.29 is 18.0 Å². The quantitative estimate of drug-likeness (QED) is 0.514. The van der Waals surface area contributed by atoms with Gasteiger partial charge in [0.25, 0.3) is 0 Å². The number of nitrogens with one attached hydrogen (secondary N) is 1. The summed E-state index contributed by atoms with van der Waals surface area (Å²) in [6, 6.07) is 0. The van der Waals surface area contributed by atoms with Crippen LogP contribution in [-0.4, -0.2) is 30.6 Å². The lowest BCUT2D eigenvalue weighted by molar-refractivity contribution is -0.109. The molecule has 0 aromatic rings. The second-order valence-corrected chi connectivity index (χ2v) is 2.84. The van der Waals surface area contributed by atoms with Crippen molar-refractivity contribution in [2.45, 2.75) is 6.18 Å². The number of rotatable bonds is 5. The van der Waals surface area contributed by atoms with Gasteiger partial charge < -0.3 is 5.32 Å². The average molecular weight is 187 g/mol. The number of carbonyl (C=O) groups is 1. The van der Waals surface area contributed by atoms with E-state index in [4.69, 9.17) is 0 Å². The molecule has 1 amide bonds. The Morgan fingerprint density at radius 1 is 1.45 bits per heavy atom. The molecule has 1 N–H and O–H groups in total. The molecule has 0 radical (unpaired) electrons. The van der Waals surface area contributed by atoms with Crippen LogP contribution in [0.1, 0.15) is 0 Å². The van der Waals surface area contributed by atoms with E-state index in [0.29, 0.717) is 6.41 Å². The summed E-state index contributed by atoms with van der Waals surface area (Å²) >= 11 is 0.754. The lowest BCUT2D eigenvalue weighted by atomic mass is 10.8. The van der Waals surface area contributed by atoms with Gasteiger partial charge in [0.1, 0.15) is 0 Å². The monoisotopic (exact) mass is 187 g/mol. The van der Waals surface area contributed by atoms with Crippen LogP contribution in [0.2, 0.25) is 0 Å². The third kappa shape index (κ3) is 9.61. The summed E-state index contributed by atoms with van der Waals surface area (Å²) in [5.41, 5.74) is 0. The summed E-state index contributed by atoms with van der Waals surface area (Å²) in [7, 11) is 0. The summed E-state index contributed by atoms with van der Waals surface area (Å²) in [5, 5.41) is 2.27. The molecule has 0 heterocycles. The fourth-order valence-corrected chi connectivity index (χ4v) is 1.02. The predicted octanol–water partition coefficient (Wildman–Crippen LogP) is 1.03. The number of amides is 1. The predicted molar refractivity (Wildman–Crippen MR) is 37.4 cm³/mol. The maximum atomic E-state index is 11.5. The molecule has 0 aromatic heterocycles. The normalized spacial score (nSPS) is 11.2. The number of thioether (sulfide) groups is 1. The van der Waals surface area contributed by atoms with Crippen LogP contribution in [0.5, 0.6) is 0 Å². The molecule has 66 valence electrons. The fourth-order valence-electron chi connectivity index (χ4n) is 0.378. The van der Waals surface area contributed by atoms with Crippen LogP contribution in [0.4, 0.5) is 13.2 Å². The first kappa shape index (κ1) is 10.6. The minimum Gasteiger partial charge on any atom is -0.358 e. The van der Waals surface area contributed by atoms with Gasteiger partial charge in [-0.2, -0.15) is 24.9 Å². The van der Waals surface area contributed by atoms with Crippen molar-refractivity contribution in [3.8, 4) is 0 Å². The maximum Gasteiger partial charge on any atom is 0.397 e. The summed E-state index contributed by atoms with van der Waals surface area (Å²) in [5.74, 6) is -0.564. The van der Waals surface area contributed by atoms with Gasteiger partial charge in [-0.1, -0.05) is 0 Å². The Morgan fingerprint density at radius 3 is 2.55 bits per heavy atom. The topological polar surface area (TPSA) is 29.1 Å². The van der Waals surface area contributed by atoms with Gasteiger partial charge in [0, 0.05) is 12.3 Å². The van der Waals surface area contributed by atoms with Crippen LogP contribution >= 0.6 is 11.8 Å². The summed E-state index contributed by atoms with van der Waals surface area (Å²) in [4.78, 5) is 9.62. The van der Waals surface area contributed by atoms with Crippen LogP contribution in [0, 0.1) is 0 Å². The number of halogens is 3. The SMILES string of the molecule is O=CNCCSCC(F)(F)F. The molecule has 0 fully saturated rings. The lowest BCUT2D eigenvalue weighted by Gasteiger charge is -2.04. The number of hydrogen-bond acceptors (Lipinski definition) is 2. The molecule has 0 aliphatic carbocycles. The second kappa shape index (κ2) is 5.29. The van der Waals surface area contributed by atoms with Crippen molar-refractivity contribution in [2.24, 2.45) is 0 Å². The van der Waals surface area contributed by atoms with Crippen molar-refractivity contribution >= 4 is 18.2 Å². The molecule has 11 heavy (non-hydrogen) atoms. The van der Waals surface area contributed by atoms with E-state index in [-0.39, 0.29) is 12.3 Å². The maximum absolute atomic E-state index is 11.5. The Kier molecular flexibility index (Phi) is 5.10. The molecule has 0 aliphatic rings. The minimum atomic E-state index is -4.11. The Balaban J connectivity index is 3.08. The number of carbonyl (C=O) groups excluding carboxylic acids is 1. The van der Waals surface area contributed by atoms with E-state index >= 15 is 0 Å². The van der Waals surface area contributed by atoms with Gasteiger partial charge in [0.15, 0.2) is 0 Å². The molecule has 2 nitrogen and oxygen atoms in total. The van der Waals surface area contributed by atoms with Crippen LogP contribution < -0.4 is 5.32 Å². The standard InChI is InChI=1S/C5H8F3NOS/c6-5(7,8)3-11-2-1-9-4-10/h4H,1-3H2,(H,9,10). The zero-order valence-electron chi connectivity index (χ0n) is 5.65. The van der Waals surface area contributed by atoms with Gasteiger partial charge in [-0.05, 0) is 0 Å². The molecular formula is C5H8F3NOS. The summed E-state index contributed by atoms with van der Waals surface area (Å²) in [6.45, 7) is 0.282. The molecule has 0 unspecified atom stereocenters. The largest absolute Gasteiger partial charge is 0.397 e. The van der Waals surface area contributed by atoms with E-state index < -0.39 is 11.9 Å². The van der Waals surface area contributed by atoms with Crippen molar-refractivity contribution in [3.63, 3.8) is 0 Å². The van der Waals surface area contributed by atoms with E-state index in [1.807, 2.05) is 0 Å². The van der Waals surface area contributed by atoms with Crippen molar-refractivity contribution in [2.75, 3.05) is 18.1 Å². The molecular weight excluding hydrogens is 179 g/mol. The Bertz CT molecular complexity index is 117. The smallest absolute Gasteiger partial charge is 0.358 e. The van der Waals surface area contributed by atoms with Crippen molar-refractivity contribution in [1.82, 2.24) is 5.32 Å². The lowest BCUT2D eigenvalue weighted by Crippen LogP contribution is -2.17. The molecule has 0 rings (SSSR count). The van der Waals surface area contributed by atoms with Crippen LogP contribution in [0.15, 0.2) is 0 Å². The van der Waals surface area contributed by atoms with Gasteiger partial charge in [0.05, 0.1) is 5.75 Å². The fraction of sp³-hybridized carbons (Fsp3) is 0.800. The van der Waals surface area contributed by atoms with Gasteiger partial charge in [-0.15, -0.1) is 0 Å². The van der Waals surface area contributed by atoms with Crippen LogP contribution in [-0.2, 0) is 4.79 Å². The van der Waals surface area contributed by atoms with Gasteiger partial charge in [-0.25, -0.2) is 0 Å². The Hall–Kier alpha value is -0.390. The number of hydrogen-bond donors (Lipinski definition) is 1. The van der Waals surface area contributed by atoms with E-state index in [9.17, 15) is 18.0 Å². The molecule has 0 spiro atoms. The first-order valence-corrected chi connectivity index (χ1v) is 4.03. The van der Waals surface area contributed by atoms with Gasteiger partial charge in [-0.3, -0.25) is 4.79 Å². The Morgan fingerprint density at radius 2 is 2.09 bits per heavy atom. The average Bonchev–Trinajstić information content (AvgIpc) is 1.85. The first-order chi connectivity index (χ1) is 5.06. The third-order valence-corrected chi connectivity index (χ3v) is 1.76. The third-order valence-electron chi connectivity index (χ3n) is 0.740. The molecule has 0 saturated heterocycles. The van der Waals surface area contributed by atoms with Crippen molar-refractivity contribution in [3.05, 3.63) is 0 Å². The first-order valence-electron chi connectivity index (χ1n) is 2.88. The second-order valence-electron chi connectivity index (χ2n) is 1.74. The minimum absolute atomic E-state index is 0.282. The Labute approximate surface area is 66.5 Å². The van der Waals surface area contributed by atoms with Gasteiger partial charge in [0.2, 0.25) is 6.41 Å². The zero-order valence-corrected chi connectivity index (χ0v) is 6.47. The summed E-state index contributed by atoms with van der Waals surface area (Å²) < 4.78 is 34.4. The molecule has 0 atom stereocenters. The molecule has 0 aromatic carbocycles. The molecule has 0 aliphatic heterocycles. The van der Waals surface area contributed by atoms with Crippen molar-refractivity contribution in [1.29, 1.82) is 0 Å². The van der Waals surface area contributed by atoms with Crippen LogP contribution in [0.3, 0.4) is 0 Å². The van der Waals surface area contributed by atoms with E-state index in [2.05, 4.69) is 5.32 Å².